The number of methoxy groups -OCH3 is 1. The zero-order valence-electron chi connectivity index (χ0n) is 9.04. The average Bonchev–Trinajstić information content (AvgIpc) is 2.66. The van der Waals surface area contributed by atoms with Gasteiger partial charge in [-0.3, -0.25) is 4.79 Å². The Bertz CT molecular complexity index is 272. The van der Waals surface area contributed by atoms with Crippen molar-refractivity contribution in [2.75, 3.05) is 7.11 Å². The summed E-state index contributed by atoms with van der Waals surface area (Å²) in [6, 6.07) is 0. The SMILES string of the molecule is COC(=O)C12CCC(C1)C(C)(C)C2O. The first-order valence-electron chi connectivity index (χ1n) is 5.21. The van der Waals surface area contributed by atoms with Gasteiger partial charge in [0.15, 0.2) is 0 Å². The third-order valence-electron chi connectivity index (χ3n) is 4.42. The quantitative estimate of drug-likeness (QED) is 0.647. The summed E-state index contributed by atoms with van der Waals surface area (Å²) in [5.41, 5.74) is -0.727. The predicted octanol–water partition coefficient (Wildman–Crippen LogP) is 1.35. The first-order chi connectivity index (χ1) is 6.45. The Balaban J connectivity index is 2.35. The maximum atomic E-state index is 11.7. The zero-order valence-corrected chi connectivity index (χ0v) is 9.04. The number of fused-ring (bicyclic) bond motifs is 2. The van der Waals surface area contributed by atoms with E-state index in [0.717, 1.165) is 19.3 Å². The Morgan fingerprint density at radius 1 is 1.50 bits per heavy atom. The fraction of sp³-hybridized carbons (Fsp3) is 0.909. The minimum absolute atomic E-state index is 0.132. The van der Waals surface area contributed by atoms with Gasteiger partial charge >= 0.3 is 5.97 Å². The number of hydrogen-bond donors (Lipinski definition) is 1. The number of rotatable bonds is 1. The summed E-state index contributed by atoms with van der Waals surface area (Å²) in [6.45, 7) is 4.10. The van der Waals surface area contributed by atoms with Crippen molar-refractivity contribution in [3.05, 3.63) is 0 Å². The van der Waals surface area contributed by atoms with Crippen LogP contribution in [0.15, 0.2) is 0 Å². The van der Waals surface area contributed by atoms with Gasteiger partial charge in [-0.2, -0.15) is 0 Å². The van der Waals surface area contributed by atoms with Crippen LogP contribution >= 0.6 is 0 Å². The molecule has 0 heterocycles. The monoisotopic (exact) mass is 198 g/mol. The van der Waals surface area contributed by atoms with Crippen molar-refractivity contribution in [3.8, 4) is 0 Å². The van der Waals surface area contributed by atoms with Crippen molar-refractivity contribution in [2.45, 2.75) is 39.2 Å². The molecule has 2 fully saturated rings. The smallest absolute Gasteiger partial charge is 0.314 e. The van der Waals surface area contributed by atoms with Crippen LogP contribution in [0.2, 0.25) is 0 Å². The number of carbonyl (C=O) groups is 1. The molecule has 2 rings (SSSR count). The molecule has 0 aromatic heterocycles. The first kappa shape index (κ1) is 9.97. The van der Waals surface area contributed by atoms with E-state index < -0.39 is 11.5 Å². The van der Waals surface area contributed by atoms with Crippen LogP contribution < -0.4 is 0 Å². The Hall–Kier alpha value is -0.570. The second-order valence-corrected chi connectivity index (χ2v) is 5.31. The van der Waals surface area contributed by atoms with E-state index in [-0.39, 0.29) is 11.4 Å². The number of esters is 1. The van der Waals surface area contributed by atoms with E-state index in [1.807, 2.05) is 13.8 Å². The Labute approximate surface area is 84.4 Å². The standard InChI is InChI=1S/C11H18O3/c1-10(2)7-4-5-11(6-7,8(10)12)9(13)14-3/h7-8,12H,4-6H2,1-3H3. The van der Waals surface area contributed by atoms with Gasteiger partial charge in [-0.25, -0.2) is 0 Å². The van der Waals surface area contributed by atoms with Gasteiger partial charge in [0, 0.05) is 0 Å². The Morgan fingerprint density at radius 2 is 2.14 bits per heavy atom. The molecule has 3 atom stereocenters. The largest absolute Gasteiger partial charge is 0.469 e. The maximum absolute atomic E-state index is 11.7. The van der Waals surface area contributed by atoms with Crippen LogP contribution in [0.25, 0.3) is 0 Å². The summed E-state index contributed by atoms with van der Waals surface area (Å²) in [5, 5.41) is 10.2. The third kappa shape index (κ3) is 0.937. The van der Waals surface area contributed by atoms with E-state index in [1.165, 1.54) is 7.11 Å². The molecule has 1 N–H and O–H groups in total. The van der Waals surface area contributed by atoms with Gasteiger partial charge in [0.2, 0.25) is 0 Å². The molecule has 2 aliphatic carbocycles. The molecule has 14 heavy (non-hydrogen) atoms. The molecule has 0 aromatic carbocycles. The van der Waals surface area contributed by atoms with Crippen LogP contribution in [0.5, 0.6) is 0 Å². The molecule has 0 aliphatic heterocycles. The Kier molecular flexibility index (Phi) is 1.94. The van der Waals surface area contributed by atoms with Crippen LogP contribution in [-0.4, -0.2) is 24.3 Å². The molecule has 2 bridgehead atoms. The van der Waals surface area contributed by atoms with E-state index in [2.05, 4.69) is 0 Å². The van der Waals surface area contributed by atoms with Crippen molar-refractivity contribution in [1.29, 1.82) is 0 Å². The molecule has 0 radical (unpaired) electrons. The fourth-order valence-electron chi connectivity index (χ4n) is 3.39. The molecule has 0 spiro atoms. The lowest BCUT2D eigenvalue weighted by Gasteiger charge is -2.39. The molecule has 3 unspecified atom stereocenters. The van der Waals surface area contributed by atoms with E-state index in [4.69, 9.17) is 4.74 Å². The second kappa shape index (κ2) is 2.72. The van der Waals surface area contributed by atoms with Gasteiger partial charge in [-0.1, -0.05) is 13.8 Å². The van der Waals surface area contributed by atoms with Gasteiger partial charge in [0.05, 0.1) is 18.6 Å². The highest BCUT2D eigenvalue weighted by Gasteiger charge is 2.65. The minimum Gasteiger partial charge on any atom is -0.469 e. The molecule has 2 saturated carbocycles. The zero-order chi connectivity index (χ0) is 10.6. The van der Waals surface area contributed by atoms with E-state index in [9.17, 15) is 9.90 Å². The van der Waals surface area contributed by atoms with Crippen molar-refractivity contribution in [3.63, 3.8) is 0 Å². The molecule has 80 valence electrons. The lowest BCUT2D eigenvalue weighted by Crippen LogP contribution is -2.46. The van der Waals surface area contributed by atoms with Crippen LogP contribution in [0.1, 0.15) is 33.1 Å². The number of aliphatic hydroxyl groups excluding tert-OH is 1. The van der Waals surface area contributed by atoms with E-state index >= 15 is 0 Å². The third-order valence-corrected chi connectivity index (χ3v) is 4.42. The lowest BCUT2D eigenvalue weighted by molar-refractivity contribution is -0.162. The molecule has 0 saturated heterocycles. The summed E-state index contributed by atoms with van der Waals surface area (Å²) in [4.78, 5) is 11.7. The number of hydrogen-bond acceptors (Lipinski definition) is 3. The summed E-state index contributed by atoms with van der Waals surface area (Å²) in [6.07, 6.45) is 2.09. The molecule has 3 heteroatoms. The highest BCUT2D eigenvalue weighted by molar-refractivity contribution is 5.79. The van der Waals surface area contributed by atoms with Crippen molar-refractivity contribution in [1.82, 2.24) is 0 Å². The normalized spacial score (nSPS) is 44.0. The van der Waals surface area contributed by atoms with Gasteiger partial charge in [0.1, 0.15) is 0 Å². The van der Waals surface area contributed by atoms with Gasteiger partial charge in [-0.05, 0) is 30.6 Å². The summed E-state index contributed by atoms with van der Waals surface area (Å²) < 4.78 is 4.82. The van der Waals surface area contributed by atoms with Crippen LogP contribution in [0.3, 0.4) is 0 Å². The van der Waals surface area contributed by atoms with E-state index in [1.54, 1.807) is 0 Å². The average molecular weight is 198 g/mol. The van der Waals surface area contributed by atoms with Gasteiger partial charge in [0.25, 0.3) is 0 Å². The second-order valence-electron chi connectivity index (χ2n) is 5.31. The van der Waals surface area contributed by atoms with Crippen molar-refractivity contribution >= 4 is 5.97 Å². The predicted molar refractivity (Wildman–Crippen MR) is 51.6 cm³/mol. The van der Waals surface area contributed by atoms with Crippen LogP contribution in [-0.2, 0) is 9.53 Å². The van der Waals surface area contributed by atoms with Crippen molar-refractivity contribution in [2.24, 2.45) is 16.7 Å². The van der Waals surface area contributed by atoms with Gasteiger partial charge < -0.3 is 9.84 Å². The molecule has 3 nitrogen and oxygen atoms in total. The summed E-state index contributed by atoms with van der Waals surface area (Å²) in [7, 11) is 1.41. The molecule has 2 aliphatic rings. The van der Waals surface area contributed by atoms with Crippen LogP contribution in [0.4, 0.5) is 0 Å². The highest BCUT2D eigenvalue weighted by atomic mass is 16.5. The van der Waals surface area contributed by atoms with Crippen LogP contribution in [0, 0.1) is 16.7 Å². The number of carbonyl (C=O) groups excluding carboxylic acids is 1. The number of ether oxygens (including phenoxy) is 1. The Morgan fingerprint density at radius 3 is 2.57 bits per heavy atom. The highest BCUT2D eigenvalue weighted by Crippen LogP contribution is 2.62. The molecular weight excluding hydrogens is 180 g/mol. The first-order valence-corrected chi connectivity index (χ1v) is 5.21. The summed E-state index contributed by atoms with van der Waals surface area (Å²) in [5.74, 6) is 0.245. The maximum Gasteiger partial charge on any atom is 0.314 e. The minimum atomic E-state index is -0.594. The fourth-order valence-corrected chi connectivity index (χ4v) is 3.39. The van der Waals surface area contributed by atoms with Crippen molar-refractivity contribution < 1.29 is 14.6 Å². The van der Waals surface area contributed by atoms with Gasteiger partial charge in [-0.15, -0.1) is 0 Å². The lowest BCUT2D eigenvalue weighted by atomic mass is 9.69. The summed E-state index contributed by atoms with van der Waals surface area (Å²) >= 11 is 0. The molecular formula is C11H18O3. The number of aliphatic hydroxyl groups is 1. The topological polar surface area (TPSA) is 46.5 Å². The molecule has 0 amide bonds. The molecule has 0 aromatic rings. The van der Waals surface area contributed by atoms with E-state index in [0.29, 0.717) is 5.92 Å².